The highest BCUT2D eigenvalue weighted by Crippen LogP contribution is 2.31. The number of aromatic nitrogens is 3. The molecule has 0 spiro atoms. The number of morpholine rings is 1. The number of H-pyrrole nitrogens is 1. The number of nitrogens with zero attached hydrogens (tertiary/aromatic N) is 3. The molecule has 0 amide bonds. The van der Waals surface area contributed by atoms with Crippen molar-refractivity contribution in [2.45, 2.75) is 0 Å². The first kappa shape index (κ1) is 19.4. The van der Waals surface area contributed by atoms with Crippen LogP contribution < -0.4 is 10.5 Å². The Labute approximate surface area is 174 Å². The molecule has 1 aliphatic rings. The van der Waals surface area contributed by atoms with Gasteiger partial charge in [-0.1, -0.05) is 12.1 Å². The largest absolute Gasteiger partial charge is 0.378 e. The lowest BCUT2D eigenvalue weighted by Gasteiger charge is -2.28. The minimum Gasteiger partial charge on any atom is -0.378 e. The second kappa shape index (κ2) is 7.59. The number of halogens is 3. The Kier molecular flexibility index (Phi) is 4.74. The van der Waals surface area contributed by atoms with Crippen molar-refractivity contribution in [1.29, 1.82) is 0 Å². The fourth-order valence-electron chi connectivity index (χ4n) is 3.84. The fraction of sp³-hybridized carbons (Fsp3) is 0.182. The minimum atomic E-state index is -1.11. The third kappa shape index (κ3) is 3.36. The van der Waals surface area contributed by atoms with Gasteiger partial charge in [-0.25, -0.2) is 17.9 Å². The van der Waals surface area contributed by atoms with Crippen LogP contribution in [0.5, 0.6) is 0 Å². The van der Waals surface area contributed by atoms with Crippen molar-refractivity contribution >= 4 is 16.6 Å². The smallest absolute Gasteiger partial charge is 0.259 e. The average Bonchev–Trinajstić information content (AvgIpc) is 3.14. The Hall–Kier alpha value is -3.59. The number of hydrogen-bond donors (Lipinski definition) is 1. The van der Waals surface area contributed by atoms with Crippen LogP contribution in [0.25, 0.3) is 27.8 Å². The molecule has 5 rings (SSSR count). The first-order chi connectivity index (χ1) is 15.0. The minimum absolute atomic E-state index is 0.185. The summed E-state index contributed by atoms with van der Waals surface area (Å²) < 4.78 is 48.7. The molecule has 9 heteroatoms. The van der Waals surface area contributed by atoms with Gasteiger partial charge in [-0.3, -0.25) is 4.79 Å². The number of benzene rings is 2. The molecule has 2 aromatic heterocycles. The molecule has 1 fully saturated rings. The zero-order chi connectivity index (χ0) is 21.5. The molecule has 1 N–H and O–H groups in total. The lowest BCUT2D eigenvalue weighted by Crippen LogP contribution is -2.36. The van der Waals surface area contributed by atoms with Crippen LogP contribution in [0.15, 0.2) is 53.5 Å². The molecule has 6 nitrogen and oxygen atoms in total. The first-order valence-corrected chi connectivity index (χ1v) is 9.71. The highest BCUT2D eigenvalue weighted by molar-refractivity contribution is 5.93. The average molecular weight is 426 g/mol. The SMILES string of the molecule is O=c1[nH]ccc2c1c(-c1ccc(N3CCOCC3)cc1)nn2-c1c(F)cc(F)cc1F. The van der Waals surface area contributed by atoms with Crippen LogP contribution in [-0.2, 0) is 4.74 Å². The van der Waals surface area contributed by atoms with E-state index in [1.807, 2.05) is 12.1 Å². The predicted molar refractivity (Wildman–Crippen MR) is 110 cm³/mol. The second-order valence-electron chi connectivity index (χ2n) is 7.19. The summed E-state index contributed by atoms with van der Waals surface area (Å²) in [7, 11) is 0. The van der Waals surface area contributed by atoms with Crippen LogP contribution in [0.4, 0.5) is 18.9 Å². The van der Waals surface area contributed by atoms with Crippen LogP contribution in [0.2, 0.25) is 0 Å². The fourth-order valence-corrected chi connectivity index (χ4v) is 3.84. The molecule has 0 radical (unpaired) electrons. The molecule has 0 bridgehead atoms. The molecule has 0 aliphatic carbocycles. The van der Waals surface area contributed by atoms with Gasteiger partial charge in [0.25, 0.3) is 5.56 Å². The number of hydrogen-bond acceptors (Lipinski definition) is 4. The molecular formula is C22H17F3N4O2. The molecule has 1 aliphatic heterocycles. The van der Waals surface area contributed by atoms with Gasteiger partial charge in [0.1, 0.15) is 17.2 Å². The molecule has 0 saturated carbocycles. The van der Waals surface area contributed by atoms with Crippen molar-refractivity contribution in [3.05, 3.63) is 76.5 Å². The highest BCUT2D eigenvalue weighted by atomic mass is 19.1. The van der Waals surface area contributed by atoms with Crippen molar-refractivity contribution in [3.63, 3.8) is 0 Å². The number of anilines is 1. The molecule has 1 saturated heterocycles. The molecule has 3 heterocycles. The van der Waals surface area contributed by atoms with Crippen LogP contribution >= 0.6 is 0 Å². The van der Waals surface area contributed by atoms with Gasteiger partial charge >= 0.3 is 0 Å². The van der Waals surface area contributed by atoms with Crippen LogP contribution in [-0.4, -0.2) is 41.1 Å². The number of rotatable bonds is 3. The Balaban J connectivity index is 1.66. The highest BCUT2D eigenvalue weighted by Gasteiger charge is 2.22. The third-order valence-corrected chi connectivity index (χ3v) is 5.31. The molecule has 0 unspecified atom stereocenters. The monoisotopic (exact) mass is 426 g/mol. The molecule has 4 aromatic rings. The lowest BCUT2D eigenvalue weighted by atomic mass is 10.1. The van der Waals surface area contributed by atoms with E-state index in [1.165, 1.54) is 12.3 Å². The summed E-state index contributed by atoms with van der Waals surface area (Å²) in [4.78, 5) is 17.3. The number of pyridine rings is 1. The topological polar surface area (TPSA) is 63.1 Å². The number of aromatic amines is 1. The van der Waals surface area contributed by atoms with Crippen LogP contribution in [0.3, 0.4) is 0 Å². The van der Waals surface area contributed by atoms with E-state index in [4.69, 9.17) is 4.74 Å². The summed E-state index contributed by atoms with van der Waals surface area (Å²) in [5.41, 5.74) is 1.10. The van der Waals surface area contributed by atoms with Crippen molar-refractivity contribution in [2.75, 3.05) is 31.2 Å². The predicted octanol–water partition coefficient (Wildman–Crippen LogP) is 3.63. The maximum Gasteiger partial charge on any atom is 0.259 e. The van der Waals surface area contributed by atoms with E-state index < -0.39 is 28.7 Å². The molecule has 0 atom stereocenters. The van der Waals surface area contributed by atoms with Gasteiger partial charge in [0.05, 0.1) is 24.1 Å². The van der Waals surface area contributed by atoms with Gasteiger partial charge in [0.2, 0.25) is 0 Å². The molecule has 158 valence electrons. The Bertz CT molecular complexity index is 1300. The van der Waals surface area contributed by atoms with E-state index in [9.17, 15) is 18.0 Å². The van der Waals surface area contributed by atoms with Crippen molar-refractivity contribution in [3.8, 4) is 16.9 Å². The summed E-state index contributed by atoms with van der Waals surface area (Å²) in [6.07, 6.45) is 1.37. The van der Waals surface area contributed by atoms with Gasteiger partial charge in [-0.2, -0.15) is 5.10 Å². The first-order valence-electron chi connectivity index (χ1n) is 9.71. The number of ether oxygens (including phenoxy) is 1. The zero-order valence-electron chi connectivity index (χ0n) is 16.2. The summed E-state index contributed by atoms with van der Waals surface area (Å²) in [6.45, 7) is 2.86. The number of nitrogens with one attached hydrogen (secondary N) is 1. The Morgan fingerprint density at radius 3 is 2.32 bits per heavy atom. The van der Waals surface area contributed by atoms with Gasteiger partial charge in [-0.15, -0.1) is 0 Å². The number of fused-ring (bicyclic) bond motifs is 1. The van der Waals surface area contributed by atoms with Crippen molar-refractivity contribution in [1.82, 2.24) is 14.8 Å². The normalized spacial score (nSPS) is 14.4. The molecule has 2 aromatic carbocycles. The van der Waals surface area contributed by atoms with Crippen molar-refractivity contribution in [2.24, 2.45) is 0 Å². The standard InChI is InChI=1S/C22H17F3N4O2/c23-14-11-16(24)21(17(25)12-14)29-18-5-6-26-22(30)19(18)20(27-29)13-1-3-15(4-2-13)28-7-9-31-10-8-28/h1-6,11-12H,7-10H2,(H,26,30). The zero-order valence-corrected chi connectivity index (χ0v) is 16.2. The molecular weight excluding hydrogens is 409 g/mol. The van der Waals surface area contributed by atoms with Gasteiger partial charge < -0.3 is 14.6 Å². The summed E-state index contributed by atoms with van der Waals surface area (Å²) in [5.74, 6) is -3.26. The van der Waals surface area contributed by atoms with Gasteiger partial charge in [-0.05, 0) is 18.2 Å². The van der Waals surface area contributed by atoms with Gasteiger partial charge in [0, 0.05) is 42.7 Å². The van der Waals surface area contributed by atoms with E-state index in [0.29, 0.717) is 30.9 Å². The van der Waals surface area contributed by atoms with E-state index in [0.717, 1.165) is 23.5 Å². The summed E-state index contributed by atoms with van der Waals surface area (Å²) in [6, 6.07) is 10.1. The van der Waals surface area contributed by atoms with Crippen LogP contribution in [0, 0.1) is 17.5 Å². The van der Waals surface area contributed by atoms with Gasteiger partial charge in [0.15, 0.2) is 11.6 Å². The van der Waals surface area contributed by atoms with E-state index in [2.05, 4.69) is 15.0 Å². The van der Waals surface area contributed by atoms with Crippen molar-refractivity contribution < 1.29 is 17.9 Å². The second-order valence-corrected chi connectivity index (χ2v) is 7.19. The van der Waals surface area contributed by atoms with E-state index >= 15 is 0 Å². The van der Waals surface area contributed by atoms with Crippen LogP contribution in [0.1, 0.15) is 0 Å². The maximum absolute atomic E-state index is 14.5. The maximum atomic E-state index is 14.5. The third-order valence-electron chi connectivity index (χ3n) is 5.31. The Morgan fingerprint density at radius 2 is 1.65 bits per heavy atom. The van der Waals surface area contributed by atoms with E-state index in [-0.39, 0.29) is 16.6 Å². The Morgan fingerprint density at radius 1 is 0.968 bits per heavy atom. The lowest BCUT2D eigenvalue weighted by molar-refractivity contribution is 0.122. The quantitative estimate of drug-likeness (QED) is 0.544. The van der Waals surface area contributed by atoms with E-state index in [1.54, 1.807) is 12.1 Å². The summed E-state index contributed by atoms with van der Waals surface area (Å²) >= 11 is 0. The summed E-state index contributed by atoms with van der Waals surface area (Å²) in [5, 5.41) is 4.53. The molecule has 31 heavy (non-hydrogen) atoms.